The summed E-state index contributed by atoms with van der Waals surface area (Å²) >= 11 is 6.07. The second-order valence-corrected chi connectivity index (χ2v) is 7.61. The molecule has 4 aromatic rings. The van der Waals surface area contributed by atoms with Crippen LogP contribution >= 0.6 is 11.6 Å². The van der Waals surface area contributed by atoms with Crippen LogP contribution < -0.4 is 10.2 Å². The first-order valence-electron chi connectivity index (χ1n) is 10.2. The maximum Gasteiger partial charge on any atom is 0.251 e. The SMILES string of the molecule is COCCNC(=O)[C@@H](c1ccco1)N(C(=O)Cn1nnc2ccccc21)c1ccc(Cl)cc1. The number of benzene rings is 2. The third-order valence-electron chi connectivity index (χ3n) is 5.00. The number of amides is 2. The van der Waals surface area contributed by atoms with Gasteiger partial charge < -0.3 is 14.5 Å². The van der Waals surface area contributed by atoms with Gasteiger partial charge in [-0.3, -0.25) is 14.5 Å². The number of rotatable bonds is 9. The van der Waals surface area contributed by atoms with E-state index in [0.29, 0.717) is 34.1 Å². The highest BCUT2D eigenvalue weighted by atomic mass is 35.5. The molecule has 10 heteroatoms. The van der Waals surface area contributed by atoms with Crippen molar-refractivity contribution in [3.63, 3.8) is 0 Å². The molecule has 0 saturated carbocycles. The number of furan rings is 1. The minimum absolute atomic E-state index is 0.133. The van der Waals surface area contributed by atoms with Crippen molar-refractivity contribution in [1.29, 1.82) is 0 Å². The second kappa shape index (κ2) is 10.3. The first-order valence-corrected chi connectivity index (χ1v) is 10.6. The van der Waals surface area contributed by atoms with E-state index in [4.69, 9.17) is 20.8 Å². The molecule has 9 nitrogen and oxygen atoms in total. The van der Waals surface area contributed by atoms with Crippen LogP contribution in [0.5, 0.6) is 0 Å². The topological polar surface area (TPSA) is 102 Å². The predicted molar refractivity (Wildman–Crippen MR) is 123 cm³/mol. The quantitative estimate of drug-likeness (QED) is 0.379. The van der Waals surface area contributed by atoms with Crippen molar-refractivity contribution in [2.45, 2.75) is 12.6 Å². The molecule has 1 N–H and O–H groups in total. The van der Waals surface area contributed by atoms with Crippen LogP contribution in [-0.2, 0) is 20.9 Å². The Morgan fingerprint density at radius 3 is 2.67 bits per heavy atom. The van der Waals surface area contributed by atoms with Gasteiger partial charge in [-0.15, -0.1) is 5.10 Å². The molecule has 1 atom stereocenters. The summed E-state index contributed by atoms with van der Waals surface area (Å²) < 4.78 is 12.1. The summed E-state index contributed by atoms with van der Waals surface area (Å²) in [7, 11) is 1.54. The maximum atomic E-state index is 13.7. The highest BCUT2D eigenvalue weighted by Gasteiger charge is 2.35. The highest BCUT2D eigenvalue weighted by molar-refractivity contribution is 6.30. The number of anilines is 1. The van der Waals surface area contributed by atoms with Crippen LogP contribution in [0.1, 0.15) is 11.8 Å². The van der Waals surface area contributed by atoms with Crippen LogP contribution in [0, 0.1) is 0 Å². The molecular formula is C23H22ClN5O4. The zero-order chi connectivity index (χ0) is 23.2. The standard InChI is InChI=1S/C23H22ClN5O4/c1-32-14-12-25-23(31)22(20-7-4-13-33-20)29(17-10-8-16(24)9-11-17)21(30)15-28-19-6-3-2-5-18(19)26-27-28/h2-11,13,22H,12,14-15H2,1H3,(H,25,31)/t22-/m1/s1. The molecule has 0 aliphatic heterocycles. The number of aromatic nitrogens is 3. The molecule has 170 valence electrons. The first kappa shape index (κ1) is 22.5. The number of nitrogens with one attached hydrogen (secondary N) is 1. The molecular weight excluding hydrogens is 446 g/mol. The van der Waals surface area contributed by atoms with E-state index in [2.05, 4.69) is 15.6 Å². The Bertz CT molecular complexity index is 1220. The average Bonchev–Trinajstić information content (AvgIpc) is 3.49. The van der Waals surface area contributed by atoms with Gasteiger partial charge in [-0.05, 0) is 48.5 Å². The molecule has 2 aromatic heterocycles. The third kappa shape index (κ3) is 5.05. The van der Waals surface area contributed by atoms with Crippen LogP contribution in [0.3, 0.4) is 0 Å². The lowest BCUT2D eigenvalue weighted by Gasteiger charge is -2.30. The number of carbonyl (C=O) groups is 2. The number of fused-ring (bicyclic) bond motifs is 1. The van der Waals surface area contributed by atoms with E-state index >= 15 is 0 Å². The van der Waals surface area contributed by atoms with Gasteiger partial charge in [-0.1, -0.05) is 28.9 Å². The molecule has 0 bridgehead atoms. The Morgan fingerprint density at radius 2 is 1.94 bits per heavy atom. The monoisotopic (exact) mass is 467 g/mol. The Hall–Kier alpha value is -3.69. The lowest BCUT2D eigenvalue weighted by atomic mass is 10.1. The largest absolute Gasteiger partial charge is 0.467 e. The van der Waals surface area contributed by atoms with Gasteiger partial charge in [0.05, 0.1) is 18.4 Å². The van der Waals surface area contributed by atoms with Crippen LogP contribution in [0.4, 0.5) is 5.69 Å². The Morgan fingerprint density at radius 1 is 1.15 bits per heavy atom. The first-order chi connectivity index (χ1) is 16.1. The number of hydrogen-bond acceptors (Lipinski definition) is 6. The van der Waals surface area contributed by atoms with E-state index in [1.165, 1.54) is 15.8 Å². The highest BCUT2D eigenvalue weighted by Crippen LogP contribution is 2.30. The van der Waals surface area contributed by atoms with E-state index in [1.54, 1.807) is 43.5 Å². The van der Waals surface area contributed by atoms with Crippen LogP contribution in [0.15, 0.2) is 71.3 Å². The van der Waals surface area contributed by atoms with E-state index in [0.717, 1.165) is 0 Å². The van der Waals surface area contributed by atoms with Gasteiger partial charge in [-0.25, -0.2) is 4.68 Å². The molecule has 0 saturated heterocycles. The summed E-state index contributed by atoms with van der Waals surface area (Å²) in [5.41, 5.74) is 1.86. The van der Waals surface area contributed by atoms with Gasteiger partial charge in [0.1, 0.15) is 17.8 Å². The Balaban J connectivity index is 1.73. The van der Waals surface area contributed by atoms with Gasteiger partial charge in [0.25, 0.3) is 5.91 Å². The second-order valence-electron chi connectivity index (χ2n) is 7.18. The van der Waals surface area contributed by atoms with Gasteiger partial charge in [0.2, 0.25) is 5.91 Å². The molecule has 0 fully saturated rings. The van der Waals surface area contributed by atoms with Crippen molar-refractivity contribution in [3.05, 3.63) is 77.7 Å². The van der Waals surface area contributed by atoms with E-state index in [9.17, 15) is 9.59 Å². The fraction of sp³-hybridized carbons (Fsp3) is 0.217. The molecule has 2 amide bonds. The van der Waals surface area contributed by atoms with Crippen molar-refractivity contribution in [1.82, 2.24) is 20.3 Å². The number of ether oxygens (including phenoxy) is 1. The summed E-state index contributed by atoms with van der Waals surface area (Å²) in [5, 5.41) is 11.5. The summed E-state index contributed by atoms with van der Waals surface area (Å²) in [6.07, 6.45) is 1.46. The van der Waals surface area contributed by atoms with Crippen molar-refractivity contribution >= 4 is 40.1 Å². The zero-order valence-corrected chi connectivity index (χ0v) is 18.6. The molecule has 0 spiro atoms. The lowest BCUT2D eigenvalue weighted by molar-refractivity contribution is -0.127. The van der Waals surface area contributed by atoms with Gasteiger partial charge in [0, 0.05) is 24.4 Å². The van der Waals surface area contributed by atoms with Crippen molar-refractivity contribution < 1.29 is 18.7 Å². The van der Waals surface area contributed by atoms with Crippen molar-refractivity contribution in [2.75, 3.05) is 25.2 Å². The smallest absolute Gasteiger partial charge is 0.251 e. The van der Waals surface area contributed by atoms with Gasteiger partial charge in [0.15, 0.2) is 6.04 Å². The summed E-state index contributed by atoms with van der Waals surface area (Å²) in [6.45, 7) is 0.477. The minimum Gasteiger partial charge on any atom is -0.467 e. The molecule has 4 rings (SSSR count). The number of carbonyl (C=O) groups excluding carboxylic acids is 2. The van der Waals surface area contributed by atoms with Gasteiger partial charge in [-0.2, -0.15) is 0 Å². The van der Waals surface area contributed by atoms with Crippen molar-refractivity contribution in [2.24, 2.45) is 0 Å². The molecule has 0 radical (unpaired) electrons. The molecule has 2 heterocycles. The third-order valence-corrected chi connectivity index (χ3v) is 5.26. The number of nitrogens with zero attached hydrogens (tertiary/aromatic N) is 4. The number of methoxy groups -OCH3 is 1. The van der Waals surface area contributed by atoms with E-state index in [1.807, 2.05) is 24.3 Å². The fourth-order valence-electron chi connectivity index (χ4n) is 3.47. The van der Waals surface area contributed by atoms with Crippen LogP contribution in [-0.4, -0.2) is 47.1 Å². The van der Waals surface area contributed by atoms with Gasteiger partial charge >= 0.3 is 0 Å². The lowest BCUT2D eigenvalue weighted by Crippen LogP contribution is -2.45. The fourth-order valence-corrected chi connectivity index (χ4v) is 3.60. The minimum atomic E-state index is -1.06. The van der Waals surface area contributed by atoms with Crippen LogP contribution in [0.2, 0.25) is 5.02 Å². The van der Waals surface area contributed by atoms with E-state index in [-0.39, 0.29) is 19.0 Å². The Kier molecular flexibility index (Phi) is 7.01. The molecule has 0 aliphatic carbocycles. The predicted octanol–water partition coefficient (Wildman–Crippen LogP) is 3.21. The number of para-hydroxylation sites is 1. The molecule has 0 unspecified atom stereocenters. The normalized spacial score (nSPS) is 11.9. The molecule has 2 aromatic carbocycles. The number of hydrogen-bond donors (Lipinski definition) is 1. The summed E-state index contributed by atoms with van der Waals surface area (Å²) in [4.78, 5) is 28.3. The van der Waals surface area contributed by atoms with E-state index < -0.39 is 11.9 Å². The zero-order valence-electron chi connectivity index (χ0n) is 17.8. The average molecular weight is 468 g/mol. The molecule has 0 aliphatic rings. The Labute approximate surface area is 194 Å². The molecule has 33 heavy (non-hydrogen) atoms. The van der Waals surface area contributed by atoms with Crippen LogP contribution in [0.25, 0.3) is 11.0 Å². The summed E-state index contributed by atoms with van der Waals surface area (Å²) in [5.74, 6) is -0.471. The maximum absolute atomic E-state index is 13.7. The number of halogens is 1. The van der Waals surface area contributed by atoms with Crippen molar-refractivity contribution in [3.8, 4) is 0 Å². The summed E-state index contributed by atoms with van der Waals surface area (Å²) in [6, 6.07) is 16.3.